The molecule has 3 atom stereocenters. The molecule has 26 heavy (non-hydrogen) atoms. The van der Waals surface area contributed by atoms with Crippen LogP contribution in [0, 0.1) is 18.8 Å². The molecule has 2 N–H and O–H groups in total. The van der Waals surface area contributed by atoms with E-state index in [2.05, 4.69) is 5.32 Å². The lowest BCUT2D eigenvalue weighted by atomic mass is 10.1. The zero-order chi connectivity index (χ0) is 18.8. The third kappa shape index (κ3) is 3.66. The molecule has 1 aromatic carbocycles. The summed E-state index contributed by atoms with van der Waals surface area (Å²) < 4.78 is 5.35. The second-order valence-corrected chi connectivity index (χ2v) is 7.13. The molecule has 0 aromatic heterocycles. The molecule has 7 heteroatoms. The lowest BCUT2D eigenvalue weighted by Crippen LogP contribution is -2.39. The lowest BCUT2D eigenvalue weighted by Gasteiger charge is -2.20. The van der Waals surface area contributed by atoms with Gasteiger partial charge in [-0.25, -0.2) is 0 Å². The van der Waals surface area contributed by atoms with Crippen molar-refractivity contribution in [3.8, 4) is 5.75 Å². The van der Waals surface area contributed by atoms with Gasteiger partial charge in [-0.15, -0.1) is 0 Å². The molecular weight excluding hydrogens is 336 g/mol. The van der Waals surface area contributed by atoms with Gasteiger partial charge in [0.05, 0.1) is 24.6 Å². The minimum absolute atomic E-state index is 0.108. The van der Waals surface area contributed by atoms with Crippen molar-refractivity contribution in [1.82, 2.24) is 5.32 Å². The number of benzene rings is 1. The van der Waals surface area contributed by atoms with Gasteiger partial charge in [-0.05, 0) is 43.9 Å². The molecule has 140 valence electrons. The Morgan fingerprint density at radius 1 is 1.27 bits per heavy atom. The van der Waals surface area contributed by atoms with Crippen LogP contribution in [0.25, 0.3) is 0 Å². The Morgan fingerprint density at radius 3 is 2.69 bits per heavy atom. The average Bonchev–Trinajstić information content (AvgIpc) is 3.21. The number of carboxylic acids is 1. The van der Waals surface area contributed by atoms with Crippen molar-refractivity contribution in [2.75, 3.05) is 18.6 Å². The third-order valence-electron chi connectivity index (χ3n) is 5.25. The van der Waals surface area contributed by atoms with E-state index < -0.39 is 17.8 Å². The number of nitrogens with zero attached hydrogens (tertiary/aromatic N) is 1. The van der Waals surface area contributed by atoms with Gasteiger partial charge in [-0.2, -0.15) is 0 Å². The molecule has 1 heterocycles. The second-order valence-electron chi connectivity index (χ2n) is 7.13. The Morgan fingerprint density at radius 2 is 2.04 bits per heavy atom. The minimum Gasteiger partial charge on any atom is -0.495 e. The zero-order valence-electron chi connectivity index (χ0n) is 15.0. The maximum atomic E-state index is 12.6. The van der Waals surface area contributed by atoms with Gasteiger partial charge in [0.2, 0.25) is 11.8 Å². The summed E-state index contributed by atoms with van der Waals surface area (Å²) in [5.41, 5.74) is 1.69. The van der Waals surface area contributed by atoms with Crippen LogP contribution < -0.4 is 15.0 Å². The number of carboxylic acid groups (broad SMARTS) is 1. The summed E-state index contributed by atoms with van der Waals surface area (Å²) in [5.74, 6) is -1.32. The fraction of sp³-hybridized carbons (Fsp3) is 0.526. The fourth-order valence-electron chi connectivity index (χ4n) is 3.78. The van der Waals surface area contributed by atoms with Crippen LogP contribution in [0.2, 0.25) is 0 Å². The molecule has 0 radical (unpaired) electrons. The summed E-state index contributed by atoms with van der Waals surface area (Å²) in [4.78, 5) is 37.7. The highest BCUT2D eigenvalue weighted by atomic mass is 16.5. The number of hydrogen-bond acceptors (Lipinski definition) is 4. The number of carbonyl (C=O) groups excluding carboxylic acids is 2. The largest absolute Gasteiger partial charge is 0.495 e. The molecule has 1 aliphatic carbocycles. The predicted octanol–water partition coefficient (Wildman–Crippen LogP) is 1.73. The molecule has 1 aromatic rings. The number of aliphatic carboxylic acids is 1. The van der Waals surface area contributed by atoms with Gasteiger partial charge in [0, 0.05) is 19.0 Å². The Labute approximate surface area is 152 Å². The molecule has 0 spiro atoms. The van der Waals surface area contributed by atoms with E-state index in [1.54, 1.807) is 12.0 Å². The van der Waals surface area contributed by atoms with E-state index >= 15 is 0 Å². The number of rotatable bonds is 5. The smallest absolute Gasteiger partial charge is 0.306 e. The molecule has 7 nitrogen and oxygen atoms in total. The molecule has 1 saturated carbocycles. The van der Waals surface area contributed by atoms with Crippen molar-refractivity contribution in [2.24, 2.45) is 11.8 Å². The van der Waals surface area contributed by atoms with Crippen LogP contribution in [0.15, 0.2) is 18.2 Å². The standard InChI is InChI=1S/C19H24N2O5/c1-11-3-6-16(26-2)15(7-11)21-10-13(9-17(21)22)18(23)20-14-5-4-12(8-14)19(24)25/h3,6-7,12-14H,4-5,8-10H2,1-2H3,(H,20,23)(H,24,25)/t12-,13?,14+/m1/s1. The summed E-state index contributed by atoms with van der Waals surface area (Å²) in [7, 11) is 1.55. The first-order valence-corrected chi connectivity index (χ1v) is 8.87. The van der Waals surface area contributed by atoms with Crippen LogP contribution in [0.4, 0.5) is 5.69 Å². The van der Waals surface area contributed by atoms with Crippen LogP contribution >= 0.6 is 0 Å². The highest BCUT2D eigenvalue weighted by Crippen LogP contribution is 2.34. The first-order chi connectivity index (χ1) is 12.4. The molecule has 3 rings (SSSR count). The van der Waals surface area contributed by atoms with E-state index in [1.807, 2.05) is 25.1 Å². The number of carbonyl (C=O) groups is 3. The highest BCUT2D eigenvalue weighted by Gasteiger charge is 2.38. The minimum atomic E-state index is -0.810. The number of amides is 2. The Bertz CT molecular complexity index is 733. The van der Waals surface area contributed by atoms with Crippen molar-refractivity contribution < 1.29 is 24.2 Å². The van der Waals surface area contributed by atoms with Crippen molar-refractivity contribution in [3.05, 3.63) is 23.8 Å². The average molecular weight is 360 g/mol. The van der Waals surface area contributed by atoms with E-state index in [0.717, 1.165) is 5.56 Å². The van der Waals surface area contributed by atoms with Crippen molar-refractivity contribution in [2.45, 2.75) is 38.6 Å². The van der Waals surface area contributed by atoms with E-state index in [-0.39, 0.29) is 24.3 Å². The van der Waals surface area contributed by atoms with Gasteiger partial charge in [0.25, 0.3) is 0 Å². The first kappa shape index (κ1) is 18.2. The molecule has 2 amide bonds. The SMILES string of the molecule is COc1ccc(C)cc1N1CC(C(=O)N[C@H]2CC[C@@H](C(=O)O)C2)CC1=O. The number of ether oxygens (including phenoxy) is 1. The number of aryl methyl sites for hydroxylation is 1. The maximum Gasteiger partial charge on any atom is 0.306 e. The molecule has 1 aliphatic heterocycles. The Hall–Kier alpha value is -2.57. The van der Waals surface area contributed by atoms with Crippen LogP contribution in [0.3, 0.4) is 0 Å². The van der Waals surface area contributed by atoms with Gasteiger partial charge in [0.15, 0.2) is 0 Å². The van der Waals surface area contributed by atoms with Gasteiger partial charge in [-0.3, -0.25) is 14.4 Å². The predicted molar refractivity (Wildman–Crippen MR) is 95.1 cm³/mol. The molecule has 2 fully saturated rings. The van der Waals surface area contributed by atoms with Crippen LogP contribution in [0.1, 0.15) is 31.2 Å². The summed E-state index contributed by atoms with van der Waals surface area (Å²) in [6, 6.07) is 5.48. The number of methoxy groups -OCH3 is 1. The van der Waals surface area contributed by atoms with E-state index in [0.29, 0.717) is 37.2 Å². The molecule has 1 saturated heterocycles. The lowest BCUT2D eigenvalue weighted by molar-refractivity contribution is -0.141. The van der Waals surface area contributed by atoms with Gasteiger partial charge in [-0.1, -0.05) is 6.07 Å². The van der Waals surface area contributed by atoms with Crippen LogP contribution in [-0.4, -0.2) is 42.6 Å². The number of nitrogens with one attached hydrogen (secondary N) is 1. The maximum absolute atomic E-state index is 12.6. The monoisotopic (exact) mass is 360 g/mol. The highest BCUT2D eigenvalue weighted by molar-refractivity contribution is 6.01. The van der Waals surface area contributed by atoms with E-state index in [9.17, 15) is 14.4 Å². The van der Waals surface area contributed by atoms with Crippen LogP contribution in [-0.2, 0) is 14.4 Å². The summed E-state index contributed by atoms with van der Waals surface area (Å²) in [5, 5.41) is 12.0. The molecule has 0 bridgehead atoms. The van der Waals surface area contributed by atoms with E-state index in [4.69, 9.17) is 9.84 Å². The number of hydrogen-bond donors (Lipinski definition) is 2. The Balaban J connectivity index is 1.65. The normalized spacial score (nSPS) is 25.4. The van der Waals surface area contributed by atoms with Crippen molar-refractivity contribution >= 4 is 23.5 Å². The fourth-order valence-corrected chi connectivity index (χ4v) is 3.78. The van der Waals surface area contributed by atoms with Crippen molar-refractivity contribution in [1.29, 1.82) is 0 Å². The molecule has 2 aliphatic rings. The quantitative estimate of drug-likeness (QED) is 0.834. The summed E-state index contributed by atoms with van der Waals surface area (Å²) in [6.45, 7) is 2.24. The van der Waals surface area contributed by atoms with Gasteiger partial charge in [0.1, 0.15) is 5.75 Å². The first-order valence-electron chi connectivity index (χ1n) is 8.87. The zero-order valence-corrected chi connectivity index (χ0v) is 15.0. The van der Waals surface area contributed by atoms with Crippen molar-refractivity contribution in [3.63, 3.8) is 0 Å². The summed E-state index contributed by atoms with van der Waals surface area (Å²) >= 11 is 0. The second kappa shape index (κ2) is 7.35. The van der Waals surface area contributed by atoms with E-state index in [1.165, 1.54) is 0 Å². The Kier molecular flexibility index (Phi) is 5.15. The van der Waals surface area contributed by atoms with Gasteiger partial charge >= 0.3 is 5.97 Å². The van der Waals surface area contributed by atoms with Crippen LogP contribution in [0.5, 0.6) is 5.75 Å². The third-order valence-corrected chi connectivity index (χ3v) is 5.25. The topological polar surface area (TPSA) is 95.9 Å². The number of anilines is 1. The molecule has 1 unspecified atom stereocenters. The molecular formula is C19H24N2O5. The summed E-state index contributed by atoms with van der Waals surface area (Å²) in [6.07, 6.45) is 1.85. The van der Waals surface area contributed by atoms with Gasteiger partial charge < -0.3 is 20.1 Å².